The number of hydrogen-bond donors (Lipinski definition) is 2. The molecular weight excluding hydrogens is 626 g/mol. The lowest BCUT2D eigenvalue weighted by atomic mass is 9.32. The molecule has 6 rings (SSSR count). The van der Waals surface area contributed by atoms with E-state index in [1.54, 1.807) is 12.1 Å². The zero-order valence-electron chi connectivity index (χ0n) is 31.8. The summed E-state index contributed by atoms with van der Waals surface area (Å²) < 4.78 is 10.0. The first-order chi connectivity index (χ1) is 23.5. The van der Waals surface area contributed by atoms with Gasteiger partial charge in [0.25, 0.3) is 0 Å². The maximum Gasteiger partial charge on any atom is 0.335 e. The van der Waals surface area contributed by atoms with Crippen LogP contribution in [-0.4, -0.2) is 49.8 Å². The SMILES string of the molecule is C=C(C)C1CCC2(CNC(CC(=O)OC)C(=O)OC)CCC3(C)C(CCC4C5(C)CC=C(c6ccc(C(=O)O)cc6)C(C)(C)C5CCC43C)C12. The fraction of sp³-hybridized carbons (Fsp3) is 0.698. The lowest BCUT2D eigenvalue weighted by Gasteiger charge is -2.72. The average molecular weight is 688 g/mol. The Bertz CT molecular complexity index is 1560. The minimum atomic E-state index is -0.885. The molecule has 0 bridgehead atoms. The van der Waals surface area contributed by atoms with Gasteiger partial charge in [-0.3, -0.25) is 9.59 Å². The van der Waals surface area contributed by atoms with Crippen molar-refractivity contribution < 1.29 is 29.0 Å². The summed E-state index contributed by atoms with van der Waals surface area (Å²) in [7, 11) is 2.74. The number of carboxylic acid groups (broad SMARTS) is 1. The highest BCUT2D eigenvalue weighted by molar-refractivity contribution is 5.88. The second kappa shape index (κ2) is 12.9. The number of nitrogens with one attached hydrogen (secondary N) is 1. The van der Waals surface area contributed by atoms with Crippen molar-refractivity contribution in [2.75, 3.05) is 20.8 Å². The normalized spacial score (nSPS) is 39.0. The van der Waals surface area contributed by atoms with Crippen LogP contribution in [0.4, 0.5) is 0 Å². The van der Waals surface area contributed by atoms with Crippen LogP contribution in [0.25, 0.3) is 5.57 Å². The monoisotopic (exact) mass is 687 g/mol. The molecule has 274 valence electrons. The van der Waals surface area contributed by atoms with Crippen LogP contribution in [0.5, 0.6) is 0 Å². The first-order valence-corrected chi connectivity index (χ1v) is 19.1. The molecule has 4 saturated carbocycles. The van der Waals surface area contributed by atoms with Crippen molar-refractivity contribution in [3.63, 3.8) is 0 Å². The van der Waals surface area contributed by atoms with Crippen LogP contribution in [-0.2, 0) is 19.1 Å². The minimum absolute atomic E-state index is 0.0267. The molecule has 0 radical (unpaired) electrons. The number of carbonyl (C=O) groups is 3. The number of hydrogen-bond acceptors (Lipinski definition) is 6. The quantitative estimate of drug-likeness (QED) is 0.198. The maximum atomic E-state index is 12.8. The molecule has 10 atom stereocenters. The van der Waals surface area contributed by atoms with Gasteiger partial charge in [0.1, 0.15) is 6.04 Å². The third-order valence-electron chi connectivity index (χ3n) is 16.0. The fourth-order valence-corrected chi connectivity index (χ4v) is 13.4. The van der Waals surface area contributed by atoms with Crippen LogP contribution < -0.4 is 5.32 Å². The summed E-state index contributed by atoms with van der Waals surface area (Å²) in [5.74, 6) is 0.941. The van der Waals surface area contributed by atoms with E-state index in [2.05, 4.69) is 59.5 Å². The molecule has 1 aromatic carbocycles. The van der Waals surface area contributed by atoms with Crippen molar-refractivity contribution in [1.29, 1.82) is 0 Å². The largest absolute Gasteiger partial charge is 0.478 e. The lowest BCUT2D eigenvalue weighted by molar-refractivity contribution is -0.225. The fourth-order valence-electron chi connectivity index (χ4n) is 13.4. The molecule has 5 aliphatic rings. The first kappa shape index (κ1) is 36.8. The van der Waals surface area contributed by atoms with E-state index >= 15 is 0 Å². The van der Waals surface area contributed by atoms with Gasteiger partial charge in [0, 0.05) is 6.54 Å². The number of carbonyl (C=O) groups excluding carboxylic acids is 2. The standard InChI is InChI=1S/C43H61NO6/c1-26(2)29-16-21-43(25-44-32(38(48)50-9)24-35(45)49-8)23-22-41(6)31(36(29)43)14-15-34-40(5)19-17-30(27-10-12-28(13-11-27)37(46)47)39(3,4)33(40)18-20-42(34,41)7/h10-13,17,29,31-34,36,44H,1,14-16,18-25H2,2-9H3,(H,46,47). The van der Waals surface area contributed by atoms with Gasteiger partial charge < -0.3 is 19.9 Å². The van der Waals surface area contributed by atoms with Crippen LogP contribution in [0, 0.1) is 56.7 Å². The molecule has 0 aromatic heterocycles. The molecule has 10 unspecified atom stereocenters. The number of methoxy groups -OCH3 is 2. The Hall–Kier alpha value is -2.93. The number of carboxylic acids is 1. The number of esters is 2. The highest BCUT2D eigenvalue weighted by Crippen LogP contribution is 2.77. The number of rotatable bonds is 9. The smallest absolute Gasteiger partial charge is 0.335 e. The molecular formula is C43H61NO6. The predicted octanol–water partition coefficient (Wildman–Crippen LogP) is 8.73. The van der Waals surface area contributed by atoms with Crippen molar-refractivity contribution in [2.45, 2.75) is 112 Å². The van der Waals surface area contributed by atoms with Crippen molar-refractivity contribution >= 4 is 23.5 Å². The Morgan fingerprint density at radius 3 is 2.22 bits per heavy atom. The van der Waals surface area contributed by atoms with Crippen LogP contribution in [0.1, 0.15) is 122 Å². The van der Waals surface area contributed by atoms with Gasteiger partial charge in [-0.1, -0.05) is 65.0 Å². The van der Waals surface area contributed by atoms with E-state index in [0.717, 1.165) is 31.2 Å². The third kappa shape index (κ3) is 5.51. The first-order valence-electron chi connectivity index (χ1n) is 19.1. The molecule has 7 heteroatoms. The van der Waals surface area contributed by atoms with Gasteiger partial charge in [0.15, 0.2) is 0 Å². The Balaban J connectivity index is 1.31. The zero-order chi connectivity index (χ0) is 36.4. The van der Waals surface area contributed by atoms with Crippen LogP contribution in [0.2, 0.25) is 0 Å². The van der Waals surface area contributed by atoms with Crippen molar-refractivity contribution in [3.05, 3.63) is 53.6 Å². The van der Waals surface area contributed by atoms with Gasteiger partial charge in [-0.15, -0.1) is 0 Å². The molecule has 50 heavy (non-hydrogen) atoms. The molecule has 7 nitrogen and oxygen atoms in total. The van der Waals surface area contributed by atoms with Gasteiger partial charge in [-0.25, -0.2) is 4.79 Å². The summed E-state index contributed by atoms with van der Waals surface area (Å²) in [6.07, 6.45) is 12.9. The predicted molar refractivity (Wildman–Crippen MR) is 196 cm³/mol. The highest BCUT2D eigenvalue weighted by atomic mass is 16.5. The molecule has 0 aliphatic heterocycles. The van der Waals surface area contributed by atoms with E-state index in [1.165, 1.54) is 57.5 Å². The van der Waals surface area contributed by atoms with Gasteiger partial charge >= 0.3 is 17.9 Å². The van der Waals surface area contributed by atoms with Crippen LogP contribution in [0.15, 0.2) is 42.5 Å². The van der Waals surface area contributed by atoms with Gasteiger partial charge in [0.05, 0.1) is 26.2 Å². The Morgan fingerprint density at radius 1 is 0.900 bits per heavy atom. The summed E-state index contributed by atoms with van der Waals surface area (Å²) in [6.45, 7) is 20.2. The van der Waals surface area contributed by atoms with Gasteiger partial charge in [0.2, 0.25) is 0 Å². The third-order valence-corrected chi connectivity index (χ3v) is 16.0. The number of allylic oxidation sites excluding steroid dienone is 3. The maximum absolute atomic E-state index is 12.8. The molecule has 0 heterocycles. The highest BCUT2D eigenvalue weighted by Gasteiger charge is 2.70. The van der Waals surface area contributed by atoms with Crippen molar-refractivity contribution in [2.24, 2.45) is 56.7 Å². The minimum Gasteiger partial charge on any atom is -0.478 e. The number of aromatic carboxylic acids is 1. The molecule has 0 amide bonds. The van der Waals surface area contributed by atoms with Crippen LogP contribution in [0.3, 0.4) is 0 Å². The van der Waals surface area contributed by atoms with E-state index in [-0.39, 0.29) is 33.5 Å². The van der Waals surface area contributed by atoms with E-state index in [1.807, 2.05) is 12.1 Å². The van der Waals surface area contributed by atoms with E-state index in [0.29, 0.717) is 41.7 Å². The number of benzene rings is 1. The Morgan fingerprint density at radius 2 is 1.60 bits per heavy atom. The van der Waals surface area contributed by atoms with Gasteiger partial charge in [-0.05, 0) is 145 Å². The van der Waals surface area contributed by atoms with Crippen molar-refractivity contribution in [3.8, 4) is 0 Å². The molecule has 5 aliphatic carbocycles. The molecule has 0 saturated heterocycles. The summed E-state index contributed by atoms with van der Waals surface area (Å²) in [6, 6.07) is 6.79. The number of fused-ring (bicyclic) bond motifs is 7. The van der Waals surface area contributed by atoms with Crippen LogP contribution >= 0.6 is 0 Å². The second-order valence-electron chi connectivity index (χ2n) is 18.2. The molecule has 0 spiro atoms. The van der Waals surface area contributed by atoms with Crippen molar-refractivity contribution in [1.82, 2.24) is 5.32 Å². The number of ether oxygens (including phenoxy) is 2. The molecule has 4 fully saturated rings. The van der Waals surface area contributed by atoms with E-state index in [9.17, 15) is 19.5 Å². The summed E-state index contributed by atoms with van der Waals surface area (Å²) in [4.78, 5) is 36.6. The average Bonchev–Trinajstić information content (AvgIpc) is 3.46. The zero-order valence-corrected chi connectivity index (χ0v) is 31.8. The Kier molecular flexibility index (Phi) is 9.53. The molecule has 1 aromatic rings. The van der Waals surface area contributed by atoms with E-state index < -0.39 is 23.9 Å². The second-order valence-corrected chi connectivity index (χ2v) is 18.2. The lowest BCUT2D eigenvalue weighted by Crippen LogP contribution is -2.66. The van der Waals surface area contributed by atoms with E-state index in [4.69, 9.17) is 9.47 Å². The van der Waals surface area contributed by atoms with Gasteiger partial charge in [-0.2, -0.15) is 0 Å². The molecule has 2 N–H and O–H groups in total. The summed E-state index contributed by atoms with van der Waals surface area (Å²) in [5.41, 5.74) is 4.71. The topological polar surface area (TPSA) is 102 Å². The summed E-state index contributed by atoms with van der Waals surface area (Å²) in [5, 5.41) is 13.0. The Labute approximate surface area is 300 Å². The summed E-state index contributed by atoms with van der Waals surface area (Å²) >= 11 is 0.